The summed E-state index contributed by atoms with van der Waals surface area (Å²) in [4.78, 5) is 15.5. The lowest BCUT2D eigenvalue weighted by molar-refractivity contribution is 0.628. The van der Waals surface area contributed by atoms with Crippen LogP contribution in [-0.4, -0.2) is 28.5 Å². The molecule has 5 nitrogen and oxygen atoms in total. The van der Waals surface area contributed by atoms with E-state index in [1.54, 1.807) is 24.5 Å². The first-order chi connectivity index (χ1) is 14.7. The van der Waals surface area contributed by atoms with Gasteiger partial charge in [0.2, 0.25) is 5.95 Å². The van der Waals surface area contributed by atoms with E-state index in [4.69, 9.17) is 0 Å². The standard InChI is InChI=1S/C24H22FN5/c1-30(15-12-18-10-13-26-14-11-18)23-17-22(19-6-3-2-4-7-19)28-24(29-23)27-21-9-5-8-20(25)16-21/h2-11,13-14,16-17H,12,15H2,1H3,(H,27,28,29). The molecule has 0 amide bonds. The molecule has 4 aromatic rings. The van der Waals surface area contributed by atoms with Crippen LogP contribution in [0.4, 0.5) is 21.8 Å². The van der Waals surface area contributed by atoms with Gasteiger partial charge in [0, 0.05) is 43.3 Å². The molecule has 0 saturated heterocycles. The molecule has 0 bridgehead atoms. The maximum absolute atomic E-state index is 13.6. The fraction of sp³-hybridized carbons (Fsp3) is 0.125. The first kappa shape index (κ1) is 19.5. The molecule has 4 rings (SSSR count). The zero-order valence-electron chi connectivity index (χ0n) is 16.7. The Morgan fingerprint density at radius 1 is 0.900 bits per heavy atom. The summed E-state index contributed by atoms with van der Waals surface area (Å²) in [5.74, 6) is 0.901. The first-order valence-corrected chi connectivity index (χ1v) is 9.74. The number of rotatable bonds is 7. The number of benzene rings is 2. The lowest BCUT2D eigenvalue weighted by atomic mass is 10.1. The van der Waals surface area contributed by atoms with Gasteiger partial charge in [0.15, 0.2) is 0 Å². The van der Waals surface area contributed by atoms with E-state index in [0.717, 1.165) is 30.0 Å². The second-order valence-corrected chi connectivity index (χ2v) is 6.96. The van der Waals surface area contributed by atoms with Crippen LogP contribution in [0.2, 0.25) is 0 Å². The average Bonchev–Trinajstić information content (AvgIpc) is 2.78. The molecule has 0 atom stereocenters. The molecule has 0 unspecified atom stereocenters. The Morgan fingerprint density at radius 3 is 2.47 bits per heavy atom. The number of pyridine rings is 1. The first-order valence-electron chi connectivity index (χ1n) is 9.74. The van der Waals surface area contributed by atoms with Crippen LogP contribution in [0.25, 0.3) is 11.3 Å². The van der Waals surface area contributed by atoms with Crippen molar-refractivity contribution in [2.75, 3.05) is 23.8 Å². The fourth-order valence-electron chi connectivity index (χ4n) is 3.10. The average molecular weight is 399 g/mol. The predicted molar refractivity (Wildman–Crippen MR) is 118 cm³/mol. The van der Waals surface area contributed by atoms with Gasteiger partial charge in [-0.2, -0.15) is 4.98 Å². The Balaban J connectivity index is 1.62. The molecule has 2 heterocycles. The van der Waals surface area contributed by atoms with Crippen LogP contribution in [0.3, 0.4) is 0 Å². The summed E-state index contributed by atoms with van der Waals surface area (Å²) < 4.78 is 13.6. The van der Waals surface area contributed by atoms with E-state index in [1.165, 1.54) is 17.7 Å². The van der Waals surface area contributed by atoms with Gasteiger partial charge in [-0.1, -0.05) is 36.4 Å². The van der Waals surface area contributed by atoms with Crippen molar-refractivity contribution in [2.45, 2.75) is 6.42 Å². The summed E-state index contributed by atoms with van der Waals surface area (Å²) in [6.45, 7) is 0.786. The lowest BCUT2D eigenvalue weighted by Crippen LogP contribution is -2.22. The Labute approximate surface area is 175 Å². The summed E-state index contributed by atoms with van der Waals surface area (Å²) in [7, 11) is 2.00. The minimum Gasteiger partial charge on any atom is -0.359 e. The van der Waals surface area contributed by atoms with E-state index >= 15 is 0 Å². The van der Waals surface area contributed by atoms with Crippen LogP contribution < -0.4 is 10.2 Å². The number of likely N-dealkylation sites (N-methyl/N-ethyl adjacent to an activating group) is 1. The van der Waals surface area contributed by atoms with Gasteiger partial charge in [0.1, 0.15) is 11.6 Å². The minimum atomic E-state index is -0.311. The molecule has 0 spiro atoms. The molecule has 0 aliphatic heterocycles. The van der Waals surface area contributed by atoms with Crippen LogP contribution in [0.15, 0.2) is 85.2 Å². The molecule has 0 radical (unpaired) electrons. The van der Waals surface area contributed by atoms with E-state index in [9.17, 15) is 4.39 Å². The van der Waals surface area contributed by atoms with Crippen LogP contribution >= 0.6 is 0 Å². The molecule has 6 heteroatoms. The zero-order valence-corrected chi connectivity index (χ0v) is 16.7. The Morgan fingerprint density at radius 2 is 1.70 bits per heavy atom. The van der Waals surface area contributed by atoms with Crippen molar-refractivity contribution in [3.8, 4) is 11.3 Å². The van der Waals surface area contributed by atoms with Gasteiger partial charge in [-0.25, -0.2) is 9.37 Å². The number of halogens is 1. The smallest absolute Gasteiger partial charge is 0.229 e. The Kier molecular flexibility index (Phi) is 5.94. The van der Waals surface area contributed by atoms with Gasteiger partial charge < -0.3 is 10.2 Å². The van der Waals surface area contributed by atoms with Gasteiger partial charge in [0.25, 0.3) is 0 Å². The highest BCUT2D eigenvalue weighted by Crippen LogP contribution is 2.25. The highest BCUT2D eigenvalue weighted by Gasteiger charge is 2.11. The number of nitrogens with one attached hydrogen (secondary N) is 1. The molecule has 1 N–H and O–H groups in total. The minimum absolute atomic E-state index is 0.311. The second-order valence-electron chi connectivity index (χ2n) is 6.96. The molecular weight excluding hydrogens is 377 g/mol. The van der Waals surface area contributed by atoms with E-state index < -0.39 is 0 Å². The molecule has 2 aromatic heterocycles. The van der Waals surface area contributed by atoms with Crippen molar-refractivity contribution in [2.24, 2.45) is 0 Å². The Bertz CT molecular complexity index is 1100. The van der Waals surface area contributed by atoms with Crippen LogP contribution in [0, 0.1) is 5.82 Å². The number of nitrogens with zero attached hydrogens (tertiary/aromatic N) is 4. The molecule has 2 aromatic carbocycles. The summed E-state index contributed by atoms with van der Waals surface area (Å²) in [5, 5.41) is 3.13. The van der Waals surface area contributed by atoms with Gasteiger partial charge >= 0.3 is 0 Å². The fourth-order valence-corrected chi connectivity index (χ4v) is 3.10. The normalized spacial score (nSPS) is 10.6. The molecular formula is C24H22FN5. The third-order valence-corrected chi connectivity index (χ3v) is 4.74. The third kappa shape index (κ3) is 4.97. The van der Waals surface area contributed by atoms with Crippen molar-refractivity contribution in [3.05, 3.63) is 96.6 Å². The largest absolute Gasteiger partial charge is 0.359 e. The maximum Gasteiger partial charge on any atom is 0.229 e. The number of anilines is 3. The van der Waals surface area contributed by atoms with Crippen LogP contribution in [0.1, 0.15) is 5.56 Å². The molecule has 0 fully saturated rings. The number of hydrogen-bond acceptors (Lipinski definition) is 5. The number of aromatic nitrogens is 3. The second kappa shape index (κ2) is 9.13. The molecule has 0 saturated carbocycles. The number of hydrogen-bond donors (Lipinski definition) is 1. The van der Waals surface area contributed by atoms with Crippen molar-refractivity contribution in [1.82, 2.24) is 15.0 Å². The maximum atomic E-state index is 13.6. The van der Waals surface area contributed by atoms with Gasteiger partial charge in [0.05, 0.1) is 5.69 Å². The van der Waals surface area contributed by atoms with Crippen LogP contribution in [-0.2, 0) is 6.42 Å². The van der Waals surface area contributed by atoms with Gasteiger partial charge in [-0.3, -0.25) is 4.98 Å². The van der Waals surface area contributed by atoms with Gasteiger partial charge in [-0.15, -0.1) is 0 Å². The molecule has 150 valence electrons. The van der Waals surface area contributed by atoms with Crippen molar-refractivity contribution in [1.29, 1.82) is 0 Å². The summed E-state index contributed by atoms with van der Waals surface area (Å²) in [6, 6.07) is 22.2. The lowest BCUT2D eigenvalue weighted by Gasteiger charge is -2.20. The zero-order chi connectivity index (χ0) is 20.8. The van der Waals surface area contributed by atoms with E-state index in [0.29, 0.717) is 11.6 Å². The molecule has 30 heavy (non-hydrogen) atoms. The SMILES string of the molecule is CN(CCc1ccncc1)c1cc(-c2ccccc2)nc(Nc2cccc(F)c2)n1. The summed E-state index contributed by atoms with van der Waals surface area (Å²) in [6.07, 6.45) is 4.47. The monoisotopic (exact) mass is 399 g/mol. The summed E-state index contributed by atoms with van der Waals surface area (Å²) >= 11 is 0. The van der Waals surface area contributed by atoms with Crippen LogP contribution in [0.5, 0.6) is 0 Å². The Hall–Kier alpha value is -3.80. The topological polar surface area (TPSA) is 53.9 Å². The summed E-state index contributed by atoms with van der Waals surface area (Å²) in [5.41, 5.74) is 3.61. The highest BCUT2D eigenvalue weighted by atomic mass is 19.1. The van der Waals surface area contributed by atoms with Crippen molar-refractivity contribution < 1.29 is 4.39 Å². The van der Waals surface area contributed by atoms with E-state index in [-0.39, 0.29) is 5.82 Å². The van der Waals surface area contributed by atoms with Gasteiger partial charge in [-0.05, 0) is 42.3 Å². The van der Waals surface area contributed by atoms with Crippen molar-refractivity contribution in [3.63, 3.8) is 0 Å². The quantitative estimate of drug-likeness (QED) is 0.469. The molecule has 0 aliphatic rings. The molecule has 0 aliphatic carbocycles. The highest BCUT2D eigenvalue weighted by molar-refractivity contribution is 5.66. The van der Waals surface area contributed by atoms with Crippen molar-refractivity contribution >= 4 is 17.5 Å². The van der Waals surface area contributed by atoms with E-state index in [1.807, 2.05) is 55.6 Å². The third-order valence-electron chi connectivity index (χ3n) is 4.74. The van der Waals surface area contributed by atoms with E-state index in [2.05, 4.69) is 25.2 Å². The predicted octanol–water partition coefficient (Wildman–Crippen LogP) is 5.10.